The summed E-state index contributed by atoms with van der Waals surface area (Å²) >= 11 is 0. The van der Waals surface area contributed by atoms with Gasteiger partial charge in [0.05, 0.1) is 6.21 Å². The van der Waals surface area contributed by atoms with Crippen LogP contribution in [0.4, 0.5) is 4.79 Å². The summed E-state index contributed by atoms with van der Waals surface area (Å²) in [7, 11) is 0. The lowest BCUT2D eigenvalue weighted by Gasteiger charge is -2.32. The van der Waals surface area contributed by atoms with Gasteiger partial charge in [0.2, 0.25) is 0 Å². The van der Waals surface area contributed by atoms with E-state index in [2.05, 4.69) is 5.16 Å². The van der Waals surface area contributed by atoms with Crippen molar-refractivity contribution in [3.8, 4) is 0 Å². The lowest BCUT2D eigenvalue weighted by Crippen LogP contribution is -2.44. The van der Waals surface area contributed by atoms with E-state index in [-0.39, 0.29) is 19.0 Å². The minimum Gasteiger partial charge on any atom is -0.480 e. The van der Waals surface area contributed by atoms with E-state index in [9.17, 15) is 19.5 Å². The fourth-order valence-corrected chi connectivity index (χ4v) is 4.17. The van der Waals surface area contributed by atoms with Gasteiger partial charge in [-0.1, -0.05) is 65.8 Å². The molecule has 1 saturated heterocycles. The number of oxime groups is 1. The first-order chi connectivity index (χ1) is 16.3. The van der Waals surface area contributed by atoms with E-state index < -0.39 is 30.0 Å². The van der Waals surface area contributed by atoms with Gasteiger partial charge in [0, 0.05) is 6.54 Å². The van der Waals surface area contributed by atoms with E-state index in [1.807, 2.05) is 49.4 Å². The van der Waals surface area contributed by atoms with E-state index in [0.29, 0.717) is 12.2 Å². The number of halogens is 1. The molecule has 3 aromatic carbocycles. The van der Waals surface area contributed by atoms with Crippen LogP contribution in [0.5, 0.6) is 0 Å². The normalized spacial score (nSPS) is 17.8. The predicted molar refractivity (Wildman–Crippen MR) is 134 cm³/mol. The van der Waals surface area contributed by atoms with Gasteiger partial charge in [0.1, 0.15) is 18.7 Å². The molecule has 0 aromatic heterocycles. The molecule has 1 heterocycles. The fourth-order valence-electron chi connectivity index (χ4n) is 4.17. The van der Waals surface area contributed by atoms with E-state index in [0.717, 1.165) is 26.8 Å². The molecule has 1 N–H and O–H groups in total. The molecule has 8 nitrogen and oxygen atoms in total. The molecule has 0 bridgehead atoms. The van der Waals surface area contributed by atoms with Crippen LogP contribution in [0.3, 0.4) is 0 Å². The number of carbonyl (C=O) groups is 3. The summed E-state index contributed by atoms with van der Waals surface area (Å²) in [6, 6.07) is 20.1. The molecule has 182 valence electrons. The first-order valence-electron chi connectivity index (χ1n) is 10.9. The van der Waals surface area contributed by atoms with Crippen molar-refractivity contribution in [2.45, 2.75) is 25.9 Å². The molecule has 4 rings (SSSR count). The molecule has 1 aliphatic rings. The molecule has 1 aliphatic heterocycles. The van der Waals surface area contributed by atoms with Gasteiger partial charge in [0.15, 0.2) is 0 Å². The number of nitrogens with zero attached hydrogens (tertiary/aromatic N) is 3. The summed E-state index contributed by atoms with van der Waals surface area (Å²) in [5, 5.41) is 15.2. The van der Waals surface area contributed by atoms with Gasteiger partial charge in [-0.05, 0) is 47.4 Å². The highest BCUT2D eigenvalue weighted by molar-refractivity contribution is 6.08. The Kier molecular flexibility index (Phi) is 7.76. The van der Waals surface area contributed by atoms with Crippen LogP contribution in [0, 0.1) is 0 Å². The fraction of sp³-hybridized carbons (Fsp3) is 0.231. The number of urea groups is 1. The Morgan fingerprint density at radius 2 is 1.74 bits per heavy atom. The molecule has 0 aliphatic carbocycles. The molecule has 0 radical (unpaired) electrons. The Morgan fingerprint density at radius 1 is 1.06 bits per heavy atom. The lowest BCUT2D eigenvalue weighted by atomic mass is 9.89. The largest absolute Gasteiger partial charge is 0.480 e. The topological polar surface area (TPSA) is 99.5 Å². The molecule has 1 atom stereocenters. The average molecular weight is 496 g/mol. The van der Waals surface area contributed by atoms with Gasteiger partial charge in [-0.2, -0.15) is 0 Å². The maximum absolute atomic E-state index is 13.4. The van der Waals surface area contributed by atoms with Gasteiger partial charge >= 0.3 is 12.0 Å². The monoisotopic (exact) mass is 495 g/mol. The smallest absolute Gasteiger partial charge is 0.328 e. The second kappa shape index (κ2) is 10.6. The zero-order valence-electron chi connectivity index (χ0n) is 19.4. The first kappa shape index (κ1) is 25.7. The molecule has 0 spiro atoms. The van der Waals surface area contributed by atoms with E-state index >= 15 is 0 Å². The van der Waals surface area contributed by atoms with Crippen LogP contribution in [0.1, 0.15) is 30.5 Å². The number of amides is 3. The third-order valence-corrected chi connectivity index (χ3v) is 5.99. The van der Waals surface area contributed by atoms with Crippen LogP contribution in [-0.2, 0) is 26.5 Å². The number of carbonyl (C=O) groups excluding carboxylic acids is 2. The highest BCUT2D eigenvalue weighted by Gasteiger charge is 2.55. The van der Waals surface area contributed by atoms with Gasteiger partial charge in [-0.3, -0.25) is 14.5 Å². The van der Waals surface area contributed by atoms with Gasteiger partial charge in [0.25, 0.3) is 5.91 Å². The van der Waals surface area contributed by atoms with Gasteiger partial charge in [-0.15, -0.1) is 12.4 Å². The number of carboxylic acid groups (broad SMARTS) is 1. The van der Waals surface area contributed by atoms with Crippen molar-refractivity contribution < 1.29 is 24.3 Å². The molecule has 1 fully saturated rings. The molecule has 3 amide bonds. The predicted octanol–water partition coefficient (Wildman–Crippen LogP) is 4.40. The standard InChI is InChI=1S/C26H25N3O5.ClH/c1-3-34-27-15-18-9-12-22(13-10-18)26(2)24(32)28(17-23(30)31)25(33)29(26)16-19-8-11-20-6-4-5-7-21(20)14-19;/h4-15H,3,16-17H2,1-2H3,(H,30,31);1H/b27-15+;. The van der Waals surface area contributed by atoms with Crippen molar-refractivity contribution in [1.29, 1.82) is 0 Å². The SMILES string of the molecule is CCO/N=C/c1ccc(C2(C)C(=O)N(CC(=O)O)C(=O)N2Cc2ccc3ccccc3c2)cc1.Cl. The number of carboxylic acids is 1. The minimum absolute atomic E-state index is 0. The summed E-state index contributed by atoms with van der Waals surface area (Å²) in [4.78, 5) is 45.3. The third kappa shape index (κ3) is 4.97. The molecule has 35 heavy (non-hydrogen) atoms. The summed E-state index contributed by atoms with van der Waals surface area (Å²) in [5.74, 6) is -1.82. The molecule has 3 aromatic rings. The zero-order valence-corrected chi connectivity index (χ0v) is 20.2. The van der Waals surface area contributed by atoms with E-state index in [1.54, 1.807) is 37.4 Å². The van der Waals surface area contributed by atoms with E-state index in [1.165, 1.54) is 4.90 Å². The second-order valence-corrected chi connectivity index (χ2v) is 8.18. The van der Waals surface area contributed by atoms with Crippen LogP contribution in [0.25, 0.3) is 10.8 Å². The second-order valence-electron chi connectivity index (χ2n) is 8.18. The molecule has 0 saturated carbocycles. The Morgan fingerprint density at radius 3 is 2.40 bits per heavy atom. The zero-order chi connectivity index (χ0) is 24.3. The van der Waals surface area contributed by atoms with Crippen molar-refractivity contribution in [2.24, 2.45) is 5.16 Å². The quantitative estimate of drug-likeness (QED) is 0.284. The minimum atomic E-state index is -1.37. The third-order valence-electron chi connectivity index (χ3n) is 5.99. The highest BCUT2D eigenvalue weighted by atomic mass is 35.5. The molecule has 9 heteroatoms. The van der Waals surface area contributed by atoms with Crippen molar-refractivity contribution in [3.63, 3.8) is 0 Å². The Hall–Kier alpha value is -3.91. The Labute approximate surface area is 209 Å². The van der Waals surface area contributed by atoms with Crippen LogP contribution >= 0.6 is 12.4 Å². The number of benzene rings is 3. The average Bonchev–Trinajstić information content (AvgIpc) is 3.01. The van der Waals surface area contributed by atoms with Crippen molar-refractivity contribution in [3.05, 3.63) is 83.4 Å². The molecule has 1 unspecified atom stereocenters. The number of imide groups is 1. The number of rotatable bonds is 8. The summed E-state index contributed by atoms with van der Waals surface area (Å²) < 4.78 is 0. The van der Waals surface area contributed by atoms with Crippen molar-refractivity contribution in [2.75, 3.05) is 13.2 Å². The van der Waals surface area contributed by atoms with Crippen molar-refractivity contribution >= 4 is 47.3 Å². The molecular formula is C26H26ClN3O5. The lowest BCUT2D eigenvalue weighted by molar-refractivity contribution is -0.143. The maximum atomic E-state index is 13.4. The number of hydrogen-bond acceptors (Lipinski definition) is 5. The number of fused-ring (bicyclic) bond motifs is 1. The first-order valence-corrected chi connectivity index (χ1v) is 10.9. The maximum Gasteiger partial charge on any atom is 0.328 e. The van der Waals surface area contributed by atoms with Crippen LogP contribution in [0.15, 0.2) is 71.9 Å². The van der Waals surface area contributed by atoms with Crippen molar-refractivity contribution in [1.82, 2.24) is 9.80 Å². The Bertz CT molecular complexity index is 1280. The summed E-state index contributed by atoms with van der Waals surface area (Å²) in [5.41, 5.74) is 0.811. The number of aliphatic carboxylic acids is 1. The number of hydrogen-bond donors (Lipinski definition) is 1. The van der Waals surface area contributed by atoms with Crippen LogP contribution in [0.2, 0.25) is 0 Å². The Balaban J connectivity index is 0.00000342. The summed E-state index contributed by atoms with van der Waals surface area (Å²) in [6.07, 6.45) is 1.56. The highest BCUT2D eigenvalue weighted by Crippen LogP contribution is 2.38. The van der Waals surface area contributed by atoms with Crippen LogP contribution in [-0.4, -0.2) is 52.2 Å². The van der Waals surface area contributed by atoms with Crippen LogP contribution < -0.4 is 0 Å². The van der Waals surface area contributed by atoms with Gasteiger partial charge in [-0.25, -0.2) is 4.79 Å². The summed E-state index contributed by atoms with van der Waals surface area (Å²) in [6.45, 7) is 3.39. The van der Waals surface area contributed by atoms with Gasteiger partial charge < -0.3 is 14.8 Å². The molecular weight excluding hydrogens is 470 g/mol. The van der Waals surface area contributed by atoms with E-state index in [4.69, 9.17) is 4.84 Å².